The topological polar surface area (TPSA) is 122 Å². The zero-order valence-electron chi connectivity index (χ0n) is 15.0. The third-order valence-corrected chi connectivity index (χ3v) is 3.77. The van der Waals surface area contributed by atoms with Gasteiger partial charge in [-0.2, -0.15) is 15.2 Å². The zero-order valence-corrected chi connectivity index (χ0v) is 15.0. The first-order chi connectivity index (χ1) is 12.2. The number of Topliss-reactive ketones (excluding diaryl/α,β-unsaturated/α-hetero) is 1. The van der Waals surface area contributed by atoms with E-state index in [1.165, 1.54) is 11.7 Å². The van der Waals surface area contributed by atoms with E-state index >= 15 is 0 Å². The maximum absolute atomic E-state index is 12.2. The number of rotatable bonds is 6. The Balaban J connectivity index is 2.16. The number of aromatic nitrogens is 3. The van der Waals surface area contributed by atoms with Gasteiger partial charge in [0.1, 0.15) is 5.92 Å². The van der Waals surface area contributed by atoms with Gasteiger partial charge in [0.15, 0.2) is 18.1 Å². The lowest BCUT2D eigenvalue weighted by Gasteiger charge is -2.06. The van der Waals surface area contributed by atoms with E-state index in [0.29, 0.717) is 5.69 Å². The van der Waals surface area contributed by atoms with Crippen molar-refractivity contribution in [1.82, 2.24) is 15.0 Å². The number of nitrogens with zero attached hydrogens (tertiary/aromatic N) is 4. The monoisotopic (exact) mass is 353 g/mol. The van der Waals surface area contributed by atoms with Crippen molar-refractivity contribution < 1.29 is 14.3 Å². The Morgan fingerprint density at radius 2 is 2.00 bits per heavy atom. The smallest absolute Gasteiger partial charge is 0.361 e. The van der Waals surface area contributed by atoms with E-state index in [2.05, 4.69) is 10.2 Å². The predicted molar refractivity (Wildman–Crippen MR) is 93.4 cm³/mol. The van der Waals surface area contributed by atoms with Crippen LogP contribution in [-0.4, -0.2) is 39.1 Å². The van der Waals surface area contributed by atoms with Crippen LogP contribution in [0.4, 0.5) is 0 Å². The van der Waals surface area contributed by atoms with Crippen LogP contribution in [0.25, 0.3) is 5.69 Å². The summed E-state index contributed by atoms with van der Waals surface area (Å²) < 4.78 is 4.95. The summed E-state index contributed by atoms with van der Waals surface area (Å²) in [5.41, 5.74) is 3.05. The number of carbonyl (C=O) groups is 2. The van der Waals surface area contributed by atoms with Crippen LogP contribution in [0.3, 0.4) is 0 Å². The van der Waals surface area contributed by atoms with Crippen molar-refractivity contribution in [1.29, 1.82) is 10.7 Å². The highest BCUT2D eigenvalue weighted by atomic mass is 16.5. The van der Waals surface area contributed by atoms with Crippen LogP contribution in [0, 0.1) is 43.4 Å². The minimum absolute atomic E-state index is 0.00198. The van der Waals surface area contributed by atoms with Crippen molar-refractivity contribution in [3.05, 3.63) is 40.7 Å². The number of nitriles is 1. The molecule has 0 aliphatic rings. The normalized spacial score (nSPS) is 11.5. The molecule has 0 fully saturated rings. The fourth-order valence-corrected chi connectivity index (χ4v) is 2.40. The van der Waals surface area contributed by atoms with Crippen LogP contribution < -0.4 is 0 Å². The van der Waals surface area contributed by atoms with Crippen molar-refractivity contribution in [2.45, 2.75) is 27.7 Å². The van der Waals surface area contributed by atoms with Crippen LogP contribution in [0.5, 0.6) is 0 Å². The number of nitrogens with one attached hydrogen (secondary N) is 1. The Morgan fingerprint density at radius 1 is 1.31 bits per heavy atom. The van der Waals surface area contributed by atoms with E-state index in [0.717, 1.165) is 16.8 Å². The Hall–Kier alpha value is -3.34. The average Bonchev–Trinajstić information content (AvgIpc) is 2.94. The highest BCUT2D eigenvalue weighted by Crippen LogP contribution is 2.15. The molecule has 0 aliphatic heterocycles. The van der Waals surface area contributed by atoms with Gasteiger partial charge in [0, 0.05) is 5.71 Å². The number of carbonyl (C=O) groups excluding carboxylic acids is 2. The molecular formula is C18H19N5O3. The zero-order chi connectivity index (χ0) is 19.4. The van der Waals surface area contributed by atoms with Gasteiger partial charge in [0.25, 0.3) is 0 Å². The van der Waals surface area contributed by atoms with Crippen molar-refractivity contribution in [3.8, 4) is 11.8 Å². The van der Waals surface area contributed by atoms with Crippen molar-refractivity contribution in [3.63, 3.8) is 0 Å². The minimum Gasteiger partial charge on any atom is -0.453 e. The van der Waals surface area contributed by atoms with Crippen LogP contribution in [0.1, 0.15) is 34.2 Å². The minimum atomic E-state index is -1.21. The highest BCUT2D eigenvalue weighted by molar-refractivity contribution is 6.06. The molecule has 1 aromatic heterocycles. The van der Waals surface area contributed by atoms with Gasteiger partial charge < -0.3 is 10.1 Å². The lowest BCUT2D eigenvalue weighted by Crippen LogP contribution is -2.25. The average molecular weight is 353 g/mol. The molecule has 0 saturated carbocycles. The van der Waals surface area contributed by atoms with Gasteiger partial charge in [-0.3, -0.25) is 4.79 Å². The first kappa shape index (κ1) is 19.0. The van der Waals surface area contributed by atoms with E-state index in [9.17, 15) is 9.59 Å². The highest BCUT2D eigenvalue weighted by Gasteiger charge is 2.24. The summed E-state index contributed by atoms with van der Waals surface area (Å²) in [5.74, 6) is -2.66. The Morgan fingerprint density at radius 3 is 2.58 bits per heavy atom. The van der Waals surface area contributed by atoms with Gasteiger partial charge in [0.05, 0.1) is 17.5 Å². The maximum Gasteiger partial charge on any atom is 0.361 e. The summed E-state index contributed by atoms with van der Waals surface area (Å²) in [6, 6.07) is 7.46. The molecule has 2 aromatic rings. The number of hydrogen-bond donors (Lipinski definition) is 1. The second kappa shape index (κ2) is 7.70. The van der Waals surface area contributed by atoms with E-state index in [1.54, 1.807) is 13.0 Å². The molecule has 0 aliphatic carbocycles. The van der Waals surface area contributed by atoms with Crippen molar-refractivity contribution >= 4 is 17.5 Å². The summed E-state index contributed by atoms with van der Waals surface area (Å²) >= 11 is 0. The number of aryl methyl sites for hydroxylation is 3. The molecule has 1 aromatic carbocycles. The molecule has 0 unspecified atom stereocenters. The van der Waals surface area contributed by atoms with Gasteiger partial charge in [-0.1, -0.05) is 17.7 Å². The number of ether oxygens (including phenoxy) is 1. The van der Waals surface area contributed by atoms with E-state index in [-0.39, 0.29) is 11.4 Å². The first-order valence-electron chi connectivity index (χ1n) is 7.90. The summed E-state index contributed by atoms with van der Waals surface area (Å²) in [6.07, 6.45) is 0. The third kappa shape index (κ3) is 4.00. The molecule has 1 N–H and O–H groups in total. The molecule has 2 rings (SSSR count). The fourth-order valence-electron chi connectivity index (χ4n) is 2.40. The lowest BCUT2D eigenvalue weighted by atomic mass is 10.0. The van der Waals surface area contributed by atoms with Gasteiger partial charge in [0.2, 0.25) is 0 Å². The lowest BCUT2D eigenvalue weighted by molar-refractivity contribution is -0.122. The van der Waals surface area contributed by atoms with E-state index < -0.39 is 24.3 Å². The number of benzene rings is 1. The van der Waals surface area contributed by atoms with Gasteiger partial charge >= 0.3 is 5.97 Å². The predicted octanol–water partition coefficient (Wildman–Crippen LogP) is 2.10. The molecule has 0 bridgehead atoms. The second-order valence-electron chi connectivity index (χ2n) is 6.00. The molecular weight excluding hydrogens is 334 g/mol. The summed E-state index contributed by atoms with van der Waals surface area (Å²) in [4.78, 5) is 25.4. The third-order valence-electron chi connectivity index (χ3n) is 3.77. The molecule has 8 heteroatoms. The van der Waals surface area contributed by atoms with E-state index in [1.807, 2.05) is 32.0 Å². The molecule has 1 atom stereocenters. The molecule has 0 amide bonds. The number of hydrogen-bond acceptors (Lipinski definition) is 7. The van der Waals surface area contributed by atoms with Crippen LogP contribution >= 0.6 is 0 Å². The van der Waals surface area contributed by atoms with Crippen LogP contribution in [0.15, 0.2) is 18.2 Å². The molecule has 134 valence electrons. The number of esters is 1. The van der Waals surface area contributed by atoms with Gasteiger partial charge in [-0.05, 0) is 39.3 Å². The Bertz CT molecular complexity index is 923. The molecule has 1 heterocycles. The number of ketones is 1. The quantitative estimate of drug-likeness (QED) is 0.627. The molecule has 0 spiro atoms. The van der Waals surface area contributed by atoms with Crippen molar-refractivity contribution in [2.75, 3.05) is 6.61 Å². The summed E-state index contributed by atoms with van der Waals surface area (Å²) in [6.45, 7) is 6.27. The van der Waals surface area contributed by atoms with E-state index in [4.69, 9.17) is 15.4 Å². The first-order valence-corrected chi connectivity index (χ1v) is 7.90. The van der Waals surface area contributed by atoms with Crippen LogP contribution in [0.2, 0.25) is 0 Å². The fraction of sp³-hybridized carbons (Fsp3) is 0.333. The Kier molecular flexibility index (Phi) is 5.62. The Labute approximate surface area is 150 Å². The maximum atomic E-state index is 12.2. The van der Waals surface area contributed by atoms with Crippen molar-refractivity contribution in [2.24, 2.45) is 5.92 Å². The molecule has 0 radical (unpaired) electrons. The second-order valence-corrected chi connectivity index (χ2v) is 6.00. The largest absolute Gasteiger partial charge is 0.453 e. The summed E-state index contributed by atoms with van der Waals surface area (Å²) in [7, 11) is 0. The van der Waals surface area contributed by atoms with Gasteiger partial charge in [-0.15, -0.1) is 5.10 Å². The van der Waals surface area contributed by atoms with Gasteiger partial charge in [-0.25, -0.2) is 4.79 Å². The standard InChI is InChI=1S/C18H19N5O3/c1-10-5-6-15(11(2)7-10)23-21-13(4)17(22-23)18(25)26-9-16(24)14(8-19)12(3)20/h5-7,14,20H,9H2,1-4H3/t14-/m0/s1. The van der Waals surface area contributed by atoms with Crippen LogP contribution in [-0.2, 0) is 9.53 Å². The molecule has 8 nitrogen and oxygen atoms in total. The molecule has 0 saturated heterocycles. The summed E-state index contributed by atoms with van der Waals surface area (Å²) in [5, 5.41) is 24.7. The SMILES string of the molecule is CC(=N)[C@H](C#N)C(=O)COC(=O)c1nn(-c2ccc(C)cc2C)nc1C. The molecule has 26 heavy (non-hydrogen) atoms.